The summed E-state index contributed by atoms with van der Waals surface area (Å²) in [5.41, 5.74) is 2.84. The first-order valence-electron chi connectivity index (χ1n) is 6.58. The summed E-state index contributed by atoms with van der Waals surface area (Å²) in [4.78, 5) is 13.7. The largest absolute Gasteiger partial charge is 0.469 e. The number of ether oxygens (including phenoxy) is 1. The molecule has 1 aliphatic rings. The summed E-state index contributed by atoms with van der Waals surface area (Å²) >= 11 is 0. The first kappa shape index (κ1) is 13.1. The van der Waals surface area contributed by atoms with Gasteiger partial charge in [0.15, 0.2) is 0 Å². The zero-order chi connectivity index (χ0) is 13.0. The zero-order valence-corrected chi connectivity index (χ0v) is 11.2. The van der Waals surface area contributed by atoms with E-state index in [-0.39, 0.29) is 12.0 Å². The van der Waals surface area contributed by atoms with Crippen LogP contribution in [-0.2, 0) is 22.5 Å². The van der Waals surface area contributed by atoms with Crippen LogP contribution in [0.2, 0.25) is 0 Å². The molecule has 3 nitrogen and oxygen atoms in total. The van der Waals surface area contributed by atoms with E-state index in [2.05, 4.69) is 36.1 Å². The third-order valence-electron chi connectivity index (χ3n) is 3.70. The molecule has 18 heavy (non-hydrogen) atoms. The summed E-state index contributed by atoms with van der Waals surface area (Å²) in [5.74, 6) is -0.125. The molecule has 0 N–H and O–H groups in total. The van der Waals surface area contributed by atoms with E-state index >= 15 is 0 Å². The highest BCUT2D eigenvalue weighted by atomic mass is 16.5. The molecule has 0 saturated heterocycles. The fourth-order valence-corrected chi connectivity index (χ4v) is 2.56. The Morgan fingerprint density at radius 3 is 2.83 bits per heavy atom. The van der Waals surface area contributed by atoms with Crippen molar-refractivity contribution in [3.8, 4) is 0 Å². The topological polar surface area (TPSA) is 29.5 Å². The average Bonchev–Trinajstić information content (AvgIpc) is 2.60. The molecule has 0 spiro atoms. The second-order valence-corrected chi connectivity index (χ2v) is 4.97. The lowest BCUT2D eigenvalue weighted by atomic mass is 10.0. The SMILES string of the molecule is COC(=O)CC(C)N1CCCc2ccccc2C1. The van der Waals surface area contributed by atoms with E-state index in [0.717, 1.165) is 25.9 Å². The number of hydrogen-bond donors (Lipinski definition) is 0. The van der Waals surface area contributed by atoms with E-state index in [1.165, 1.54) is 18.2 Å². The van der Waals surface area contributed by atoms with Gasteiger partial charge < -0.3 is 4.74 Å². The summed E-state index contributed by atoms with van der Waals surface area (Å²) in [6.45, 7) is 4.09. The molecular weight excluding hydrogens is 226 g/mol. The maximum Gasteiger partial charge on any atom is 0.307 e. The summed E-state index contributed by atoms with van der Waals surface area (Å²) in [7, 11) is 1.45. The van der Waals surface area contributed by atoms with Crippen molar-refractivity contribution in [3.05, 3.63) is 35.4 Å². The van der Waals surface area contributed by atoms with Gasteiger partial charge in [0.1, 0.15) is 0 Å². The molecule has 98 valence electrons. The Labute approximate surface area is 109 Å². The normalized spacial score (nSPS) is 17.7. The smallest absolute Gasteiger partial charge is 0.307 e. The average molecular weight is 247 g/mol. The molecule has 0 amide bonds. The lowest BCUT2D eigenvalue weighted by Crippen LogP contribution is -2.34. The van der Waals surface area contributed by atoms with Gasteiger partial charge in [-0.3, -0.25) is 9.69 Å². The maximum absolute atomic E-state index is 11.3. The van der Waals surface area contributed by atoms with Crippen LogP contribution in [0, 0.1) is 0 Å². The molecule has 1 unspecified atom stereocenters. The summed E-state index contributed by atoms with van der Waals surface area (Å²) < 4.78 is 4.75. The molecule has 1 aromatic carbocycles. The highest BCUT2D eigenvalue weighted by Crippen LogP contribution is 2.20. The molecule has 1 aromatic rings. The highest BCUT2D eigenvalue weighted by molar-refractivity contribution is 5.69. The number of benzene rings is 1. The van der Waals surface area contributed by atoms with Crippen molar-refractivity contribution >= 4 is 5.97 Å². The van der Waals surface area contributed by atoms with Gasteiger partial charge in [0, 0.05) is 12.6 Å². The quantitative estimate of drug-likeness (QED) is 0.768. The second kappa shape index (κ2) is 6.01. The highest BCUT2D eigenvalue weighted by Gasteiger charge is 2.20. The van der Waals surface area contributed by atoms with E-state index in [0.29, 0.717) is 6.42 Å². The van der Waals surface area contributed by atoms with E-state index < -0.39 is 0 Å². The zero-order valence-electron chi connectivity index (χ0n) is 11.2. The first-order valence-corrected chi connectivity index (χ1v) is 6.58. The van der Waals surface area contributed by atoms with Gasteiger partial charge in [-0.25, -0.2) is 0 Å². The van der Waals surface area contributed by atoms with Crippen molar-refractivity contribution < 1.29 is 9.53 Å². The standard InChI is InChI=1S/C15H21NO2/c1-12(10-15(17)18-2)16-9-5-8-13-6-3-4-7-14(13)11-16/h3-4,6-7,12H,5,8-11H2,1-2H3. The second-order valence-electron chi connectivity index (χ2n) is 4.97. The lowest BCUT2D eigenvalue weighted by molar-refractivity contribution is -0.142. The minimum Gasteiger partial charge on any atom is -0.469 e. The van der Waals surface area contributed by atoms with Gasteiger partial charge in [0.25, 0.3) is 0 Å². The van der Waals surface area contributed by atoms with Gasteiger partial charge in [0.2, 0.25) is 0 Å². The fraction of sp³-hybridized carbons (Fsp3) is 0.533. The van der Waals surface area contributed by atoms with E-state index in [1.807, 2.05) is 0 Å². The molecule has 0 fully saturated rings. The Bertz CT molecular complexity index is 417. The Morgan fingerprint density at radius 2 is 2.11 bits per heavy atom. The van der Waals surface area contributed by atoms with Gasteiger partial charge in [-0.05, 0) is 37.4 Å². The molecule has 0 bridgehead atoms. The predicted octanol–water partition coefficient (Wildman–Crippen LogP) is 2.39. The van der Waals surface area contributed by atoms with Crippen molar-refractivity contribution in [1.29, 1.82) is 0 Å². The number of esters is 1. The Hall–Kier alpha value is -1.35. The number of nitrogens with zero attached hydrogens (tertiary/aromatic N) is 1. The predicted molar refractivity (Wildman–Crippen MR) is 71.3 cm³/mol. The van der Waals surface area contributed by atoms with Crippen LogP contribution in [0.25, 0.3) is 0 Å². The van der Waals surface area contributed by atoms with Gasteiger partial charge in [0.05, 0.1) is 13.5 Å². The molecule has 1 atom stereocenters. The van der Waals surface area contributed by atoms with Crippen LogP contribution in [-0.4, -0.2) is 30.6 Å². The summed E-state index contributed by atoms with van der Waals surface area (Å²) in [5, 5.41) is 0. The number of aryl methyl sites for hydroxylation is 1. The van der Waals surface area contributed by atoms with Crippen molar-refractivity contribution in [1.82, 2.24) is 4.90 Å². The molecule has 0 aromatic heterocycles. The van der Waals surface area contributed by atoms with Crippen LogP contribution in [0.1, 0.15) is 30.9 Å². The molecule has 1 aliphatic heterocycles. The molecule has 0 radical (unpaired) electrons. The van der Waals surface area contributed by atoms with Crippen LogP contribution in [0.3, 0.4) is 0 Å². The van der Waals surface area contributed by atoms with Crippen molar-refractivity contribution in [2.24, 2.45) is 0 Å². The molecule has 2 rings (SSSR count). The first-order chi connectivity index (χ1) is 8.70. The van der Waals surface area contributed by atoms with Crippen molar-refractivity contribution in [3.63, 3.8) is 0 Å². The van der Waals surface area contributed by atoms with Crippen molar-refractivity contribution in [2.45, 2.75) is 38.8 Å². The van der Waals surface area contributed by atoms with Gasteiger partial charge >= 0.3 is 5.97 Å². The summed E-state index contributed by atoms with van der Waals surface area (Å²) in [6, 6.07) is 8.84. The van der Waals surface area contributed by atoms with E-state index in [1.54, 1.807) is 0 Å². The molecule has 0 saturated carbocycles. The number of methoxy groups -OCH3 is 1. The minimum atomic E-state index is -0.125. The monoisotopic (exact) mass is 247 g/mol. The molecular formula is C15H21NO2. The van der Waals surface area contributed by atoms with Crippen molar-refractivity contribution in [2.75, 3.05) is 13.7 Å². The van der Waals surface area contributed by atoms with Gasteiger partial charge in [-0.15, -0.1) is 0 Å². The maximum atomic E-state index is 11.3. The van der Waals surface area contributed by atoms with E-state index in [9.17, 15) is 4.79 Å². The van der Waals surface area contributed by atoms with Crippen LogP contribution >= 0.6 is 0 Å². The number of hydrogen-bond acceptors (Lipinski definition) is 3. The molecule has 1 heterocycles. The number of rotatable bonds is 3. The number of fused-ring (bicyclic) bond motifs is 1. The molecule has 0 aliphatic carbocycles. The fourth-order valence-electron chi connectivity index (χ4n) is 2.56. The van der Waals surface area contributed by atoms with Gasteiger partial charge in [-0.2, -0.15) is 0 Å². The van der Waals surface area contributed by atoms with E-state index in [4.69, 9.17) is 4.74 Å². The van der Waals surface area contributed by atoms with Gasteiger partial charge in [-0.1, -0.05) is 24.3 Å². The third-order valence-corrected chi connectivity index (χ3v) is 3.70. The minimum absolute atomic E-state index is 0.125. The van der Waals surface area contributed by atoms with Crippen LogP contribution in [0.4, 0.5) is 0 Å². The van der Waals surface area contributed by atoms with Crippen LogP contribution in [0.5, 0.6) is 0 Å². The lowest BCUT2D eigenvalue weighted by Gasteiger charge is -2.27. The molecule has 3 heteroatoms. The summed E-state index contributed by atoms with van der Waals surface area (Å²) in [6.07, 6.45) is 2.76. The van der Waals surface area contributed by atoms with Crippen LogP contribution in [0.15, 0.2) is 24.3 Å². The third kappa shape index (κ3) is 3.10. The number of carbonyl (C=O) groups excluding carboxylic acids is 1. The van der Waals surface area contributed by atoms with Crippen LogP contribution < -0.4 is 0 Å². The number of carbonyl (C=O) groups is 1. The Morgan fingerprint density at radius 1 is 1.39 bits per heavy atom. The Kier molecular flexibility index (Phi) is 4.37. The Balaban J connectivity index is 2.05.